The number of thiophene rings is 1. The Kier molecular flexibility index (Phi) is 6.16. The van der Waals surface area contributed by atoms with Gasteiger partial charge < -0.3 is 0 Å². The maximum Gasteiger partial charge on any atom is 0.243 e. The highest BCUT2D eigenvalue weighted by Gasteiger charge is 2.39. The number of hydrogen-bond acceptors (Lipinski definition) is 5. The second-order valence-electron chi connectivity index (χ2n) is 8.09. The predicted molar refractivity (Wildman–Crippen MR) is 116 cm³/mol. The van der Waals surface area contributed by atoms with E-state index in [-0.39, 0.29) is 22.9 Å². The van der Waals surface area contributed by atoms with E-state index in [1.54, 1.807) is 12.1 Å². The van der Waals surface area contributed by atoms with Crippen LogP contribution in [-0.2, 0) is 26.4 Å². The smallest absolute Gasteiger partial charge is 0.229 e. The van der Waals surface area contributed by atoms with Gasteiger partial charge in [0, 0.05) is 17.5 Å². The molecule has 2 aromatic rings. The van der Waals surface area contributed by atoms with Crippen molar-refractivity contribution in [1.82, 2.24) is 4.31 Å². The summed E-state index contributed by atoms with van der Waals surface area (Å²) in [6.45, 7) is 0.213. The van der Waals surface area contributed by atoms with Crippen molar-refractivity contribution in [1.29, 1.82) is 0 Å². The molecule has 0 amide bonds. The van der Waals surface area contributed by atoms with Crippen LogP contribution < -0.4 is 0 Å². The van der Waals surface area contributed by atoms with Crippen LogP contribution in [0.4, 0.5) is 0 Å². The molecule has 1 unspecified atom stereocenters. The Labute approximate surface area is 177 Å². The van der Waals surface area contributed by atoms with Crippen LogP contribution in [0, 0.1) is 0 Å². The van der Waals surface area contributed by atoms with Crippen molar-refractivity contribution in [2.75, 3.05) is 11.5 Å². The van der Waals surface area contributed by atoms with E-state index < -0.39 is 25.9 Å². The topological polar surface area (TPSA) is 71.5 Å². The molecule has 1 atom stereocenters. The Morgan fingerprint density at radius 1 is 1.00 bits per heavy atom. The number of rotatable bonds is 6. The number of hydrogen-bond donors (Lipinski definition) is 0. The van der Waals surface area contributed by atoms with Gasteiger partial charge in [0.15, 0.2) is 9.84 Å². The van der Waals surface area contributed by atoms with E-state index in [0.717, 1.165) is 17.7 Å². The Balaban J connectivity index is 1.61. The first-order valence-electron chi connectivity index (χ1n) is 10.2. The second kappa shape index (κ2) is 8.49. The zero-order chi connectivity index (χ0) is 20.5. The molecule has 1 aliphatic heterocycles. The molecular weight excluding hydrogens is 426 g/mol. The molecule has 2 aliphatic rings. The van der Waals surface area contributed by atoms with Gasteiger partial charge in [0.2, 0.25) is 10.0 Å². The van der Waals surface area contributed by atoms with Gasteiger partial charge in [-0.05, 0) is 54.3 Å². The van der Waals surface area contributed by atoms with E-state index in [2.05, 4.69) is 0 Å². The summed E-state index contributed by atoms with van der Waals surface area (Å²) in [6, 6.07) is 10.5. The van der Waals surface area contributed by atoms with Gasteiger partial charge in [0.1, 0.15) is 0 Å². The van der Waals surface area contributed by atoms with Crippen LogP contribution in [0.5, 0.6) is 0 Å². The first-order chi connectivity index (χ1) is 13.9. The van der Waals surface area contributed by atoms with Crippen molar-refractivity contribution >= 4 is 31.2 Å². The van der Waals surface area contributed by atoms with Gasteiger partial charge in [-0.1, -0.05) is 37.5 Å². The van der Waals surface area contributed by atoms with Crippen LogP contribution in [0.3, 0.4) is 0 Å². The van der Waals surface area contributed by atoms with Gasteiger partial charge >= 0.3 is 0 Å². The molecule has 5 nitrogen and oxygen atoms in total. The molecule has 1 aliphatic carbocycles. The molecule has 2 heterocycles. The van der Waals surface area contributed by atoms with Crippen LogP contribution in [0.1, 0.15) is 54.9 Å². The van der Waals surface area contributed by atoms with Gasteiger partial charge in [0.25, 0.3) is 0 Å². The van der Waals surface area contributed by atoms with Crippen molar-refractivity contribution in [3.63, 3.8) is 0 Å². The summed E-state index contributed by atoms with van der Waals surface area (Å²) in [4.78, 5) is 1.16. The quantitative estimate of drug-likeness (QED) is 0.658. The molecule has 0 N–H and O–H groups in total. The molecule has 0 spiro atoms. The minimum Gasteiger partial charge on any atom is -0.229 e. The Hall–Kier alpha value is -1.22. The zero-order valence-electron chi connectivity index (χ0n) is 16.4. The highest BCUT2D eigenvalue weighted by molar-refractivity contribution is 7.92. The maximum atomic E-state index is 13.5. The molecule has 8 heteroatoms. The van der Waals surface area contributed by atoms with Crippen molar-refractivity contribution in [2.45, 2.75) is 61.9 Å². The Morgan fingerprint density at radius 3 is 2.31 bits per heavy atom. The van der Waals surface area contributed by atoms with E-state index in [0.29, 0.717) is 12.3 Å². The normalized spacial score (nSPS) is 22.9. The van der Waals surface area contributed by atoms with Crippen molar-refractivity contribution in [3.8, 4) is 0 Å². The molecule has 1 aromatic carbocycles. The monoisotopic (exact) mass is 453 g/mol. The fourth-order valence-electron chi connectivity index (χ4n) is 4.45. The minimum absolute atomic E-state index is 0.0503. The molecule has 0 bridgehead atoms. The number of sulfone groups is 1. The largest absolute Gasteiger partial charge is 0.243 e. The molecule has 0 radical (unpaired) electrons. The Bertz CT molecular complexity index is 1020. The van der Waals surface area contributed by atoms with Gasteiger partial charge in [0.05, 0.1) is 16.4 Å². The van der Waals surface area contributed by atoms with Crippen LogP contribution in [0.2, 0.25) is 0 Å². The minimum atomic E-state index is -3.78. The van der Waals surface area contributed by atoms with E-state index in [9.17, 15) is 16.8 Å². The first kappa shape index (κ1) is 21.0. The van der Waals surface area contributed by atoms with Crippen molar-refractivity contribution in [2.24, 2.45) is 0 Å². The summed E-state index contributed by atoms with van der Waals surface area (Å²) in [7, 11) is -6.97. The van der Waals surface area contributed by atoms with Gasteiger partial charge in [-0.2, -0.15) is 4.31 Å². The lowest BCUT2D eigenvalue weighted by molar-refractivity contribution is 0.336. The molecule has 2 fully saturated rings. The summed E-state index contributed by atoms with van der Waals surface area (Å²) in [5.41, 5.74) is 1.21. The lowest BCUT2D eigenvalue weighted by Gasteiger charge is -2.27. The summed E-state index contributed by atoms with van der Waals surface area (Å²) in [5.74, 6) is 0.467. The van der Waals surface area contributed by atoms with Crippen LogP contribution in [0.25, 0.3) is 0 Å². The average Bonchev–Trinajstić information content (AvgIpc) is 3.36. The van der Waals surface area contributed by atoms with Crippen molar-refractivity contribution in [3.05, 3.63) is 52.2 Å². The third-order valence-corrected chi connectivity index (χ3v) is 10.6. The molecule has 1 saturated heterocycles. The lowest BCUT2D eigenvalue weighted by Crippen LogP contribution is -2.40. The predicted octanol–water partition coefficient (Wildman–Crippen LogP) is 4.17. The number of sulfonamides is 1. The van der Waals surface area contributed by atoms with Gasteiger partial charge in [-0.25, -0.2) is 16.8 Å². The fraction of sp³-hybridized carbons (Fsp3) is 0.524. The van der Waals surface area contributed by atoms with Crippen molar-refractivity contribution < 1.29 is 16.8 Å². The molecule has 158 valence electrons. The van der Waals surface area contributed by atoms with Gasteiger partial charge in [-0.15, -0.1) is 11.3 Å². The summed E-state index contributed by atoms with van der Waals surface area (Å²) < 4.78 is 52.4. The van der Waals surface area contributed by atoms with E-state index in [1.165, 1.54) is 40.5 Å². The lowest BCUT2D eigenvalue weighted by atomic mass is 9.84. The second-order valence-corrected chi connectivity index (χ2v) is 13.2. The van der Waals surface area contributed by atoms with Crippen LogP contribution in [-0.4, -0.2) is 38.7 Å². The fourth-order valence-corrected chi connectivity index (χ4v) is 8.69. The standard InChI is InChI=1S/C21H27NO4S3/c23-28(24)14-12-19(16-28)22(15-20-7-4-13-27-20)29(25,26)21-10-8-18(9-11-21)17-5-2-1-3-6-17/h4,7-11,13,17,19H,1-3,5-6,12,14-16H2. The first-order valence-corrected chi connectivity index (χ1v) is 14.3. The van der Waals surface area contributed by atoms with Crippen LogP contribution in [0.15, 0.2) is 46.7 Å². The summed E-state index contributed by atoms with van der Waals surface area (Å²) in [6.07, 6.45) is 6.43. The third-order valence-electron chi connectivity index (χ3n) is 6.07. The average molecular weight is 454 g/mol. The van der Waals surface area contributed by atoms with Gasteiger partial charge in [-0.3, -0.25) is 0 Å². The van der Waals surface area contributed by atoms with E-state index in [1.807, 2.05) is 29.6 Å². The summed E-state index contributed by atoms with van der Waals surface area (Å²) in [5, 5.41) is 1.91. The van der Waals surface area contributed by atoms with E-state index >= 15 is 0 Å². The molecule has 1 saturated carbocycles. The highest BCUT2D eigenvalue weighted by atomic mass is 32.2. The maximum absolute atomic E-state index is 13.5. The molecule has 29 heavy (non-hydrogen) atoms. The number of benzene rings is 1. The highest BCUT2D eigenvalue weighted by Crippen LogP contribution is 2.34. The zero-order valence-corrected chi connectivity index (χ0v) is 18.8. The number of nitrogens with zero attached hydrogens (tertiary/aromatic N) is 1. The molecule has 1 aromatic heterocycles. The molecular formula is C21H27NO4S3. The third kappa shape index (κ3) is 4.76. The Morgan fingerprint density at radius 2 is 1.72 bits per heavy atom. The SMILES string of the molecule is O=S1(=O)CCC(N(Cc2cccs2)S(=O)(=O)c2ccc(C3CCCCC3)cc2)C1. The molecule has 4 rings (SSSR count). The van der Waals surface area contributed by atoms with E-state index in [4.69, 9.17) is 0 Å². The summed E-state index contributed by atoms with van der Waals surface area (Å²) >= 11 is 1.49. The van der Waals surface area contributed by atoms with Crippen LogP contribution >= 0.6 is 11.3 Å².